The summed E-state index contributed by atoms with van der Waals surface area (Å²) in [6, 6.07) is -1.89. The molecular weight excluding hydrogens is 494 g/mol. The zero-order chi connectivity index (χ0) is 27.7. The van der Waals surface area contributed by atoms with Gasteiger partial charge in [0.1, 0.15) is 6.23 Å². The maximum absolute atomic E-state index is 13.6. The molecular formula is C26H49N5O5S. The van der Waals surface area contributed by atoms with E-state index in [9.17, 15) is 23.1 Å². The van der Waals surface area contributed by atoms with E-state index in [4.69, 9.17) is 0 Å². The fourth-order valence-corrected chi connectivity index (χ4v) is 7.58. The maximum atomic E-state index is 13.6. The van der Waals surface area contributed by atoms with Crippen LogP contribution in [0.5, 0.6) is 0 Å². The Kier molecular flexibility index (Phi) is 9.70. The molecule has 2 aliphatic heterocycles. The van der Waals surface area contributed by atoms with Crippen molar-refractivity contribution < 1.29 is 23.1 Å². The molecule has 2 heterocycles. The van der Waals surface area contributed by atoms with Gasteiger partial charge in [0.25, 0.3) is 0 Å². The van der Waals surface area contributed by atoms with E-state index in [0.29, 0.717) is 18.9 Å². The highest BCUT2D eigenvalue weighted by atomic mass is 32.2. The minimum atomic E-state index is -3.54. The number of fused-ring (bicyclic) bond motifs is 1. The normalized spacial score (nSPS) is 29.4. The topological polar surface area (TPSA) is 131 Å². The molecule has 0 bridgehead atoms. The molecule has 4 N–H and O–H groups in total. The molecule has 7 unspecified atom stereocenters. The monoisotopic (exact) mass is 543 g/mol. The minimum Gasteiger partial charge on any atom is -0.376 e. The summed E-state index contributed by atoms with van der Waals surface area (Å²) < 4.78 is 26.8. The third-order valence-electron chi connectivity index (χ3n) is 8.80. The first-order valence-corrected chi connectivity index (χ1v) is 15.7. The molecule has 0 radical (unpaired) electrons. The van der Waals surface area contributed by atoms with E-state index in [-0.39, 0.29) is 24.4 Å². The fraction of sp³-hybridized carbons (Fsp3) is 0.923. The number of sulfonamides is 1. The molecule has 214 valence electrons. The Bertz CT molecular complexity index is 917. The van der Waals surface area contributed by atoms with Gasteiger partial charge in [0, 0.05) is 31.2 Å². The summed E-state index contributed by atoms with van der Waals surface area (Å²) in [6.45, 7) is 10.2. The fourth-order valence-electron chi connectivity index (χ4n) is 6.42. The lowest BCUT2D eigenvalue weighted by molar-refractivity contribution is -0.133. The molecule has 0 aromatic carbocycles. The van der Waals surface area contributed by atoms with Crippen molar-refractivity contribution in [2.75, 3.05) is 26.4 Å². The van der Waals surface area contributed by atoms with Crippen molar-refractivity contribution in [2.45, 2.75) is 110 Å². The predicted octanol–water partition coefficient (Wildman–Crippen LogP) is 0.863. The zero-order valence-corrected chi connectivity index (χ0v) is 24.5. The van der Waals surface area contributed by atoms with Crippen LogP contribution in [0.15, 0.2) is 0 Å². The average Bonchev–Trinajstić information content (AvgIpc) is 3.41. The quantitative estimate of drug-likeness (QED) is 0.339. The Morgan fingerprint density at radius 1 is 1.03 bits per heavy atom. The van der Waals surface area contributed by atoms with Crippen LogP contribution in [0.4, 0.5) is 0 Å². The van der Waals surface area contributed by atoms with Gasteiger partial charge >= 0.3 is 0 Å². The van der Waals surface area contributed by atoms with Gasteiger partial charge in [-0.05, 0) is 51.5 Å². The lowest BCUT2D eigenvalue weighted by Gasteiger charge is -2.42. The van der Waals surface area contributed by atoms with Crippen LogP contribution in [0.3, 0.4) is 0 Å². The van der Waals surface area contributed by atoms with Gasteiger partial charge in [0.05, 0.1) is 24.3 Å². The molecule has 2 amide bonds. The van der Waals surface area contributed by atoms with Crippen LogP contribution < -0.4 is 16.0 Å². The van der Waals surface area contributed by atoms with Crippen LogP contribution in [-0.2, 0) is 19.6 Å². The molecule has 37 heavy (non-hydrogen) atoms. The number of rotatable bonds is 9. The zero-order valence-electron chi connectivity index (χ0n) is 23.7. The molecule has 0 aromatic rings. The highest BCUT2D eigenvalue weighted by Gasteiger charge is 2.56. The highest BCUT2D eigenvalue weighted by molar-refractivity contribution is 7.88. The number of carbonyl (C=O) groups is 2. The molecule has 3 rings (SSSR count). The Hall–Kier alpha value is -1.27. The second-order valence-corrected chi connectivity index (χ2v) is 14.4. The Labute approximate surface area is 223 Å². The van der Waals surface area contributed by atoms with Crippen molar-refractivity contribution in [1.29, 1.82) is 0 Å². The average molecular weight is 544 g/mol. The van der Waals surface area contributed by atoms with E-state index >= 15 is 0 Å². The summed E-state index contributed by atoms with van der Waals surface area (Å²) in [5, 5.41) is 20.8. The van der Waals surface area contributed by atoms with Gasteiger partial charge in [-0.1, -0.05) is 40.0 Å². The smallest absolute Gasteiger partial charge is 0.237 e. The summed E-state index contributed by atoms with van der Waals surface area (Å²) in [4.78, 5) is 28.2. The molecule has 11 heteroatoms. The number of aliphatic hydroxyl groups is 1. The largest absolute Gasteiger partial charge is 0.376 e. The number of nitrogens with zero attached hydrogens (tertiary/aromatic N) is 2. The first kappa shape index (κ1) is 30.3. The van der Waals surface area contributed by atoms with Gasteiger partial charge in [-0.3, -0.25) is 14.5 Å². The van der Waals surface area contributed by atoms with Gasteiger partial charge in [-0.15, -0.1) is 0 Å². The number of hydrogen-bond acceptors (Lipinski definition) is 7. The van der Waals surface area contributed by atoms with E-state index < -0.39 is 51.8 Å². The molecule has 3 fully saturated rings. The maximum Gasteiger partial charge on any atom is 0.237 e. The van der Waals surface area contributed by atoms with Crippen LogP contribution in [0.25, 0.3) is 0 Å². The number of amides is 2. The first-order chi connectivity index (χ1) is 17.2. The number of likely N-dealkylation sites (tertiary alicyclic amines) is 1. The third-order valence-corrected chi connectivity index (χ3v) is 10.1. The predicted molar refractivity (Wildman–Crippen MR) is 144 cm³/mol. The molecule has 10 nitrogen and oxygen atoms in total. The third kappa shape index (κ3) is 6.84. The van der Waals surface area contributed by atoms with E-state index in [2.05, 4.69) is 16.0 Å². The first-order valence-electron chi connectivity index (χ1n) is 13.9. The van der Waals surface area contributed by atoms with Crippen molar-refractivity contribution >= 4 is 21.8 Å². The van der Waals surface area contributed by atoms with Gasteiger partial charge < -0.3 is 21.1 Å². The molecule has 1 aliphatic carbocycles. The Morgan fingerprint density at radius 3 is 2.19 bits per heavy atom. The van der Waals surface area contributed by atoms with Crippen molar-refractivity contribution in [2.24, 2.45) is 17.3 Å². The summed E-state index contributed by atoms with van der Waals surface area (Å²) in [5.41, 5.74) is -0.483. The molecule has 0 spiro atoms. The van der Waals surface area contributed by atoms with Crippen molar-refractivity contribution in [3.8, 4) is 0 Å². The SMILES string of the molecule is CNC(C)C(=O)NC(C(O)N1CCC2C1C(C(=O)NC(C)C1CCCCC1)CN2S(C)(=O)=O)C(C)(C)C. The summed E-state index contributed by atoms with van der Waals surface area (Å²) >= 11 is 0. The molecule has 1 saturated carbocycles. The van der Waals surface area contributed by atoms with E-state index in [1.54, 1.807) is 14.0 Å². The summed E-state index contributed by atoms with van der Waals surface area (Å²) in [5.74, 6) is -0.549. The van der Waals surface area contributed by atoms with Crippen LogP contribution in [-0.4, -0.2) is 97.4 Å². The minimum absolute atomic E-state index is 0.0166. The molecule has 7 atom stereocenters. The van der Waals surface area contributed by atoms with E-state index in [0.717, 1.165) is 12.8 Å². The van der Waals surface area contributed by atoms with Crippen LogP contribution in [0, 0.1) is 17.3 Å². The summed E-state index contributed by atoms with van der Waals surface area (Å²) in [7, 11) is -1.83. The van der Waals surface area contributed by atoms with Crippen LogP contribution in [0.2, 0.25) is 0 Å². The van der Waals surface area contributed by atoms with Gasteiger partial charge in [0.2, 0.25) is 21.8 Å². The number of hydrogen-bond donors (Lipinski definition) is 4. The number of nitrogens with one attached hydrogen (secondary N) is 3. The van der Waals surface area contributed by atoms with E-state index in [1.807, 2.05) is 32.6 Å². The second-order valence-electron chi connectivity index (χ2n) is 12.5. The lowest BCUT2D eigenvalue weighted by atomic mass is 9.83. The molecule has 0 aromatic heterocycles. The molecule has 2 saturated heterocycles. The van der Waals surface area contributed by atoms with Crippen molar-refractivity contribution in [3.05, 3.63) is 0 Å². The number of aliphatic hydroxyl groups excluding tert-OH is 1. The second kappa shape index (κ2) is 11.9. The highest BCUT2D eigenvalue weighted by Crippen LogP contribution is 2.40. The van der Waals surface area contributed by atoms with Crippen molar-refractivity contribution in [1.82, 2.24) is 25.2 Å². The van der Waals surface area contributed by atoms with Crippen molar-refractivity contribution in [3.63, 3.8) is 0 Å². The lowest BCUT2D eigenvalue weighted by Crippen LogP contribution is -2.62. The Balaban J connectivity index is 1.86. The van der Waals surface area contributed by atoms with Gasteiger partial charge in [-0.2, -0.15) is 4.31 Å². The summed E-state index contributed by atoms with van der Waals surface area (Å²) in [6.07, 6.45) is 6.40. The molecule has 3 aliphatic rings. The van der Waals surface area contributed by atoms with Crippen LogP contribution >= 0.6 is 0 Å². The number of likely N-dealkylation sites (N-methyl/N-ethyl adjacent to an activating group) is 1. The van der Waals surface area contributed by atoms with Gasteiger partial charge in [0.15, 0.2) is 0 Å². The van der Waals surface area contributed by atoms with E-state index in [1.165, 1.54) is 29.8 Å². The number of carbonyl (C=O) groups excluding carboxylic acids is 2. The Morgan fingerprint density at radius 2 is 1.65 bits per heavy atom. The standard InChI is InChI=1S/C26H49N5O5S/c1-16(18-11-9-8-10-12-18)28-24(33)19-15-31(37(7,35)36)20-13-14-30(21(19)20)25(34)22(26(3,4)5)29-23(32)17(2)27-6/h16-22,25,27,34H,8-15H2,1-7H3,(H,28,33)(H,29,32). The van der Waals surface area contributed by atoms with Crippen LogP contribution in [0.1, 0.15) is 73.1 Å². The van der Waals surface area contributed by atoms with Gasteiger partial charge in [-0.25, -0.2) is 8.42 Å².